The van der Waals surface area contributed by atoms with Crippen LogP contribution in [-0.4, -0.2) is 9.97 Å². The zero-order chi connectivity index (χ0) is 20.9. The van der Waals surface area contributed by atoms with Gasteiger partial charge in [-0.15, -0.1) is 65.7 Å². The van der Waals surface area contributed by atoms with Gasteiger partial charge < -0.3 is 9.88 Å². The van der Waals surface area contributed by atoms with Crippen LogP contribution in [0.15, 0.2) is 115 Å². The minimum atomic E-state index is 0. The molecule has 5 aromatic rings. The topological polar surface area (TPSA) is 29.0 Å². The van der Waals surface area contributed by atoms with Crippen molar-refractivity contribution in [2.45, 2.75) is 0 Å². The van der Waals surface area contributed by atoms with Crippen LogP contribution in [0.1, 0.15) is 0 Å². The minimum absolute atomic E-state index is 0. The van der Waals surface area contributed by atoms with E-state index in [2.05, 4.69) is 34.1 Å². The summed E-state index contributed by atoms with van der Waals surface area (Å²) >= 11 is 0. The molecule has 0 unspecified atom stereocenters. The fourth-order valence-electron chi connectivity index (χ4n) is 3.48. The molecule has 0 N–H and O–H groups in total. The number of para-hydroxylation sites is 1. The van der Waals surface area contributed by atoms with Crippen LogP contribution in [0.5, 0.6) is 0 Å². The summed E-state index contributed by atoms with van der Waals surface area (Å²) in [5.74, 6) is 0.836. The second-order valence-corrected chi connectivity index (χ2v) is 6.99. The molecule has 2 aromatic heterocycles. The quantitative estimate of drug-likeness (QED) is 0.209. The summed E-state index contributed by atoms with van der Waals surface area (Å²) in [6.07, 6.45) is 1.80. The second kappa shape index (κ2) is 10.2. The molecule has 32 heavy (non-hydrogen) atoms. The van der Waals surface area contributed by atoms with Crippen LogP contribution >= 0.6 is 0 Å². The molecule has 0 atom stereocenters. The number of benzene rings is 3. The summed E-state index contributed by atoms with van der Waals surface area (Å²) in [5.41, 5.74) is 5.58. The number of rotatable bonds is 5. The van der Waals surface area contributed by atoms with Gasteiger partial charge in [0.2, 0.25) is 0 Å². The smallest absolute Gasteiger partial charge is 0.345 e. The molecule has 156 valence electrons. The molecule has 3 aromatic carbocycles. The Kier molecular flexibility index (Phi) is 6.89. The average molecular weight is 593 g/mol. The van der Waals surface area contributed by atoms with E-state index in [-0.39, 0.29) is 21.1 Å². The van der Waals surface area contributed by atoms with Crippen LogP contribution < -0.4 is 4.90 Å². The number of pyridine rings is 2. The fourth-order valence-corrected chi connectivity index (χ4v) is 3.48. The van der Waals surface area contributed by atoms with Gasteiger partial charge in [0.25, 0.3) is 0 Å². The molecule has 0 bridgehead atoms. The predicted octanol–water partition coefficient (Wildman–Crippen LogP) is 6.88. The minimum Gasteiger partial charge on any atom is -0.345 e. The standard InChI is InChI=1S/C28H19N3.Pt/c1-3-11-22(12-4-1)26-17-10-18-27(30-26)23-13-9-16-25(21-23)31(24-14-5-2-6-15-24)28-19-7-8-20-29-28;/h1-11,13-20H;/q-2;+2. The Labute approximate surface area is 202 Å². The van der Waals surface area contributed by atoms with E-state index in [1.54, 1.807) is 6.20 Å². The van der Waals surface area contributed by atoms with Gasteiger partial charge in [0, 0.05) is 11.9 Å². The second-order valence-electron chi connectivity index (χ2n) is 6.99. The third-order valence-electron chi connectivity index (χ3n) is 4.92. The van der Waals surface area contributed by atoms with Gasteiger partial charge in [-0.3, -0.25) is 0 Å². The van der Waals surface area contributed by atoms with Crippen LogP contribution in [0.4, 0.5) is 17.2 Å². The molecule has 0 saturated heterocycles. The Balaban J connectivity index is 0.00000245. The van der Waals surface area contributed by atoms with Crippen LogP contribution in [-0.2, 0) is 21.1 Å². The number of hydrogen-bond acceptors (Lipinski definition) is 3. The molecule has 0 spiro atoms. The predicted molar refractivity (Wildman–Crippen MR) is 125 cm³/mol. The van der Waals surface area contributed by atoms with Crippen molar-refractivity contribution >= 4 is 17.2 Å². The normalized spacial score (nSPS) is 10.2. The molecule has 0 aliphatic heterocycles. The van der Waals surface area contributed by atoms with Gasteiger partial charge in [0.1, 0.15) is 5.82 Å². The van der Waals surface area contributed by atoms with Gasteiger partial charge in [0.15, 0.2) is 0 Å². The van der Waals surface area contributed by atoms with Crippen molar-refractivity contribution in [1.82, 2.24) is 9.97 Å². The van der Waals surface area contributed by atoms with Crippen molar-refractivity contribution in [3.8, 4) is 22.5 Å². The SMILES string of the molecule is [Pt+2].[c-]1ccccc1-c1cccc(-c2[c-]c(N(c3ccccc3)c3ccccn3)ccc2)n1. The Bertz CT molecular complexity index is 1240. The maximum atomic E-state index is 4.86. The zero-order valence-electron chi connectivity index (χ0n) is 17.1. The average Bonchev–Trinajstić information content (AvgIpc) is 2.86. The van der Waals surface area contributed by atoms with Crippen molar-refractivity contribution in [2.75, 3.05) is 4.90 Å². The molecule has 0 fully saturated rings. The fraction of sp³-hybridized carbons (Fsp3) is 0. The Morgan fingerprint density at radius 3 is 2.09 bits per heavy atom. The first-order valence-electron chi connectivity index (χ1n) is 10.1. The van der Waals surface area contributed by atoms with Crippen LogP contribution in [0.25, 0.3) is 22.5 Å². The van der Waals surface area contributed by atoms with Crippen LogP contribution in [0.3, 0.4) is 0 Å². The van der Waals surface area contributed by atoms with E-state index in [0.29, 0.717) is 0 Å². The molecule has 0 aliphatic rings. The molecule has 0 radical (unpaired) electrons. The third kappa shape index (κ3) is 4.69. The first-order valence-corrected chi connectivity index (χ1v) is 10.1. The van der Waals surface area contributed by atoms with Crippen molar-refractivity contribution in [1.29, 1.82) is 0 Å². The summed E-state index contributed by atoms with van der Waals surface area (Å²) in [7, 11) is 0. The van der Waals surface area contributed by atoms with Crippen molar-refractivity contribution in [3.05, 3.63) is 128 Å². The van der Waals surface area contributed by atoms with E-state index in [1.165, 1.54) is 0 Å². The number of nitrogens with zero attached hydrogens (tertiary/aromatic N) is 3. The molecular weight excluding hydrogens is 573 g/mol. The van der Waals surface area contributed by atoms with E-state index in [9.17, 15) is 0 Å². The number of hydrogen-bond donors (Lipinski definition) is 0. The summed E-state index contributed by atoms with van der Waals surface area (Å²) in [6, 6.07) is 42.9. The third-order valence-corrected chi connectivity index (χ3v) is 4.92. The maximum absolute atomic E-state index is 4.86. The molecule has 3 nitrogen and oxygen atoms in total. The molecule has 0 aliphatic carbocycles. The maximum Gasteiger partial charge on any atom is 2.00 e. The zero-order valence-corrected chi connectivity index (χ0v) is 19.4. The van der Waals surface area contributed by atoms with Gasteiger partial charge in [0.05, 0.1) is 0 Å². The van der Waals surface area contributed by atoms with E-state index < -0.39 is 0 Å². The van der Waals surface area contributed by atoms with Crippen LogP contribution in [0, 0.1) is 12.1 Å². The Morgan fingerprint density at radius 1 is 0.625 bits per heavy atom. The van der Waals surface area contributed by atoms with Gasteiger partial charge in [-0.25, -0.2) is 4.98 Å². The van der Waals surface area contributed by atoms with Crippen molar-refractivity contribution < 1.29 is 21.1 Å². The Hall–Kier alpha value is -3.55. The van der Waals surface area contributed by atoms with E-state index in [4.69, 9.17) is 4.98 Å². The van der Waals surface area contributed by atoms with Gasteiger partial charge in [-0.1, -0.05) is 42.5 Å². The van der Waals surface area contributed by atoms with E-state index in [1.807, 2.05) is 97.1 Å². The molecule has 2 heterocycles. The molecular formula is C28H19N3Pt. The van der Waals surface area contributed by atoms with Gasteiger partial charge >= 0.3 is 21.1 Å². The van der Waals surface area contributed by atoms with Crippen molar-refractivity contribution in [2.24, 2.45) is 0 Å². The van der Waals surface area contributed by atoms with Gasteiger partial charge in [-0.2, -0.15) is 0 Å². The monoisotopic (exact) mass is 592 g/mol. The van der Waals surface area contributed by atoms with Crippen LogP contribution in [0.2, 0.25) is 0 Å². The first kappa shape index (κ1) is 21.7. The summed E-state index contributed by atoms with van der Waals surface area (Å²) < 4.78 is 0. The van der Waals surface area contributed by atoms with E-state index >= 15 is 0 Å². The van der Waals surface area contributed by atoms with E-state index in [0.717, 1.165) is 39.7 Å². The Morgan fingerprint density at radius 2 is 1.34 bits per heavy atom. The summed E-state index contributed by atoms with van der Waals surface area (Å²) in [6.45, 7) is 0. The molecule has 4 heteroatoms. The number of aromatic nitrogens is 2. The molecule has 0 saturated carbocycles. The van der Waals surface area contributed by atoms with Crippen molar-refractivity contribution in [3.63, 3.8) is 0 Å². The first-order chi connectivity index (χ1) is 15.4. The van der Waals surface area contributed by atoms with Gasteiger partial charge in [-0.05, 0) is 41.3 Å². The largest absolute Gasteiger partial charge is 2.00 e. The molecule has 5 rings (SSSR count). The number of anilines is 3. The summed E-state index contributed by atoms with van der Waals surface area (Å²) in [4.78, 5) is 11.5. The summed E-state index contributed by atoms with van der Waals surface area (Å²) in [5, 5.41) is 0. The molecule has 0 amide bonds.